The summed E-state index contributed by atoms with van der Waals surface area (Å²) in [6.07, 6.45) is 1.45. The molecule has 0 radical (unpaired) electrons. The first kappa shape index (κ1) is 23.5. The molecule has 6 N–H and O–H groups in total. The van der Waals surface area contributed by atoms with E-state index in [0.29, 0.717) is 24.1 Å². The van der Waals surface area contributed by atoms with Crippen LogP contribution in [0.15, 0.2) is 18.5 Å². The van der Waals surface area contributed by atoms with Gasteiger partial charge in [-0.15, -0.1) is 0 Å². The van der Waals surface area contributed by atoms with Crippen molar-refractivity contribution in [3.05, 3.63) is 24.2 Å². The van der Waals surface area contributed by atoms with Crippen LogP contribution in [-0.4, -0.2) is 46.9 Å². The first-order valence-corrected chi connectivity index (χ1v) is 12.8. The van der Waals surface area contributed by atoms with E-state index < -0.39 is 41.8 Å². The number of ether oxygens (including phenoxy) is 1. The summed E-state index contributed by atoms with van der Waals surface area (Å²) in [5.41, 5.74) is 6.20. The van der Waals surface area contributed by atoms with Gasteiger partial charge in [-0.2, -0.15) is 13.7 Å². The first-order chi connectivity index (χ1) is 13.7. The molecule has 2 unspecified atom stereocenters. The molecule has 3 heterocycles. The van der Waals surface area contributed by atoms with Crippen LogP contribution in [0.25, 0.3) is 5.52 Å². The molecule has 18 heteroatoms. The lowest BCUT2D eigenvalue weighted by molar-refractivity contribution is -0.0544. The minimum absolute atomic E-state index is 0.280. The average Bonchev–Trinajstić information content (AvgIpc) is 3.15. The Balaban J connectivity index is 1.64. The van der Waals surface area contributed by atoms with E-state index in [4.69, 9.17) is 25.2 Å². The molecule has 1 aliphatic rings. The minimum atomic E-state index is -5.57. The van der Waals surface area contributed by atoms with Gasteiger partial charge in [-0.1, -0.05) is 0 Å². The molecule has 0 spiro atoms. The highest BCUT2D eigenvalue weighted by atomic mass is 31.3. The van der Waals surface area contributed by atoms with Gasteiger partial charge in [-0.05, 0) is 31.9 Å². The molecule has 0 saturated carbocycles. The van der Waals surface area contributed by atoms with Crippen molar-refractivity contribution in [2.24, 2.45) is 0 Å². The van der Waals surface area contributed by atoms with Gasteiger partial charge in [0.25, 0.3) is 0 Å². The Morgan fingerprint density at radius 2 is 1.93 bits per heavy atom. The number of phosphoric ester groups is 1. The predicted octanol–water partition coefficient (Wildman–Crippen LogP) is 1.05. The summed E-state index contributed by atoms with van der Waals surface area (Å²) in [6, 6.07) is 3.48. The van der Waals surface area contributed by atoms with E-state index in [1.54, 1.807) is 23.6 Å². The van der Waals surface area contributed by atoms with Crippen LogP contribution in [0.5, 0.6) is 0 Å². The number of phosphoric acid groups is 3. The average molecular weight is 488 g/mol. The molecule has 2 aromatic rings. The third kappa shape index (κ3) is 5.52. The maximum absolute atomic E-state index is 11.8. The molecule has 0 bridgehead atoms. The molecule has 3 rings (SSSR count). The number of hydrogen-bond donors (Lipinski definition) is 5. The lowest BCUT2D eigenvalue weighted by Gasteiger charge is -2.25. The van der Waals surface area contributed by atoms with Crippen molar-refractivity contribution >= 4 is 34.8 Å². The smallest absolute Gasteiger partial charge is 0.382 e. The quantitative estimate of drug-likeness (QED) is 0.328. The van der Waals surface area contributed by atoms with Crippen LogP contribution >= 0.6 is 23.5 Å². The fourth-order valence-electron chi connectivity index (χ4n) is 3.06. The Labute approximate surface area is 169 Å². The number of nitrogen functional groups attached to an aromatic ring is 1. The van der Waals surface area contributed by atoms with Gasteiger partial charge >= 0.3 is 23.5 Å². The summed E-state index contributed by atoms with van der Waals surface area (Å²) in [4.78, 5) is 39.6. The lowest BCUT2D eigenvalue weighted by atomic mass is 9.98. The summed E-state index contributed by atoms with van der Waals surface area (Å²) in [7, 11) is -16.2. The highest BCUT2D eigenvalue weighted by Gasteiger charge is 2.43. The van der Waals surface area contributed by atoms with Gasteiger partial charge < -0.3 is 30.0 Å². The fourth-order valence-corrected chi connectivity index (χ4v) is 6.11. The standard InChI is InChI=1S/C12H19N4O11P3/c1-12(10-3-2-9-11(13)14-7-15-16(9)10)5-4-8(25-12)6-24-29(20,21)27-30(22,23)26-28(17,18)19/h2-3,7-8H,4-6H2,1H3,(H,20,21)(H,22,23)(H2,13,14,15)(H2,17,18,19)/t8-,12+/m0/s1. The van der Waals surface area contributed by atoms with Crippen molar-refractivity contribution in [2.45, 2.75) is 31.5 Å². The van der Waals surface area contributed by atoms with Crippen LogP contribution < -0.4 is 5.73 Å². The predicted molar refractivity (Wildman–Crippen MR) is 98.7 cm³/mol. The number of rotatable bonds is 8. The Bertz CT molecular complexity index is 1090. The zero-order valence-corrected chi connectivity index (χ0v) is 18.0. The molecule has 15 nitrogen and oxygen atoms in total. The van der Waals surface area contributed by atoms with Gasteiger partial charge in [0.05, 0.1) is 18.4 Å². The Hall–Kier alpha value is -1.21. The van der Waals surface area contributed by atoms with Crippen molar-refractivity contribution in [2.75, 3.05) is 12.3 Å². The molecule has 0 aromatic carbocycles. The Kier molecular flexibility index (Phi) is 6.29. The molecule has 1 saturated heterocycles. The molecule has 2 aromatic heterocycles. The fraction of sp³-hybridized carbons (Fsp3) is 0.500. The number of hydrogen-bond acceptors (Lipinski definition) is 10. The third-order valence-electron chi connectivity index (χ3n) is 4.23. The largest absolute Gasteiger partial charge is 0.490 e. The summed E-state index contributed by atoms with van der Waals surface area (Å²) in [5, 5.41) is 4.14. The second-order valence-corrected chi connectivity index (χ2v) is 11.0. The van der Waals surface area contributed by atoms with E-state index >= 15 is 0 Å². The van der Waals surface area contributed by atoms with E-state index in [1.807, 2.05) is 0 Å². The Morgan fingerprint density at radius 3 is 2.60 bits per heavy atom. The number of fused-ring (bicyclic) bond motifs is 1. The minimum Gasteiger partial charge on any atom is -0.382 e. The maximum atomic E-state index is 11.8. The number of nitrogens with two attached hydrogens (primary N) is 1. The van der Waals surface area contributed by atoms with Crippen LogP contribution in [-0.2, 0) is 37.2 Å². The summed E-state index contributed by atoms with van der Waals surface area (Å²) < 4.78 is 53.3. The van der Waals surface area contributed by atoms with Crippen molar-refractivity contribution in [1.29, 1.82) is 0 Å². The second kappa shape index (κ2) is 8.05. The number of nitrogens with zero attached hydrogens (tertiary/aromatic N) is 3. The van der Waals surface area contributed by atoms with E-state index in [0.717, 1.165) is 0 Å². The van der Waals surface area contributed by atoms with Crippen LogP contribution in [0, 0.1) is 0 Å². The van der Waals surface area contributed by atoms with E-state index in [9.17, 15) is 18.6 Å². The first-order valence-electron chi connectivity index (χ1n) is 8.25. The summed E-state index contributed by atoms with van der Waals surface area (Å²) in [5.74, 6) is 0.280. The van der Waals surface area contributed by atoms with E-state index in [2.05, 4.69) is 23.2 Å². The van der Waals surface area contributed by atoms with Gasteiger partial charge in [-0.25, -0.2) is 23.2 Å². The summed E-state index contributed by atoms with van der Waals surface area (Å²) in [6.45, 7) is 1.26. The molecule has 1 aliphatic heterocycles. The normalized spacial score (nSPS) is 26.5. The second-order valence-electron chi connectivity index (χ2n) is 6.56. The summed E-state index contributed by atoms with van der Waals surface area (Å²) >= 11 is 0. The van der Waals surface area contributed by atoms with Gasteiger partial charge in [-0.3, -0.25) is 4.52 Å². The third-order valence-corrected chi connectivity index (χ3v) is 8.04. The molecule has 0 amide bonds. The lowest BCUT2D eigenvalue weighted by Crippen LogP contribution is -2.26. The van der Waals surface area contributed by atoms with E-state index in [-0.39, 0.29) is 5.82 Å². The van der Waals surface area contributed by atoms with Gasteiger partial charge in [0, 0.05) is 0 Å². The van der Waals surface area contributed by atoms with Crippen molar-refractivity contribution in [3.8, 4) is 0 Å². The molecule has 4 atom stereocenters. The molecular formula is C12H19N4O11P3. The van der Waals surface area contributed by atoms with Gasteiger partial charge in [0.2, 0.25) is 0 Å². The van der Waals surface area contributed by atoms with Crippen LogP contribution in [0.2, 0.25) is 0 Å². The molecule has 0 aliphatic carbocycles. The molecule has 30 heavy (non-hydrogen) atoms. The topological polar surface area (TPSA) is 225 Å². The van der Waals surface area contributed by atoms with Crippen molar-refractivity contribution in [1.82, 2.24) is 14.6 Å². The van der Waals surface area contributed by atoms with Gasteiger partial charge in [0.1, 0.15) is 17.4 Å². The Morgan fingerprint density at radius 1 is 1.23 bits per heavy atom. The molecular weight excluding hydrogens is 469 g/mol. The highest BCUT2D eigenvalue weighted by Crippen LogP contribution is 2.66. The van der Waals surface area contributed by atoms with Crippen LogP contribution in [0.4, 0.5) is 5.82 Å². The zero-order valence-electron chi connectivity index (χ0n) is 15.3. The highest BCUT2D eigenvalue weighted by molar-refractivity contribution is 7.66. The zero-order chi connectivity index (χ0) is 22.4. The number of anilines is 1. The number of aromatic nitrogens is 3. The molecule has 168 valence electrons. The van der Waals surface area contributed by atoms with Crippen molar-refractivity contribution < 1.29 is 51.2 Å². The monoisotopic (exact) mass is 488 g/mol. The maximum Gasteiger partial charge on any atom is 0.490 e. The molecule has 1 fully saturated rings. The van der Waals surface area contributed by atoms with Crippen LogP contribution in [0.1, 0.15) is 25.5 Å². The van der Waals surface area contributed by atoms with Gasteiger partial charge in [0.15, 0.2) is 5.82 Å². The van der Waals surface area contributed by atoms with E-state index in [1.165, 1.54) is 6.33 Å². The SMILES string of the molecule is C[C@]1(c2ccc3c(N)ncnn23)CC[C@@H](COP(=O)(O)OP(=O)(O)OP(=O)(O)O)O1. The van der Waals surface area contributed by atoms with Crippen molar-refractivity contribution in [3.63, 3.8) is 0 Å². The van der Waals surface area contributed by atoms with Crippen LogP contribution in [0.3, 0.4) is 0 Å².